The Labute approximate surface area is 288 Å². The number of halogens is 3. The minimum absolute atomic E-state index is 0.00672. The van der Waals surface area contributed by atoms with E-state index in [0.717, 1.165) is 19.4 Å². The summed E-state index contributed by atoms with van der Waals surface area (Å²) in [5.41, 5.74) is 3.01. The fourth-order valence-electron chi connectivity index (χ4n) is 7.11. The van der Waals surface area contributed by atoms with E-state index >= 15 is 4.39 Å². The Morgan fingerprint density at radius 2 is 1.88 bits per heavy atom. The summed E-state index contributed by atoms with van der Waals surface area (Å²) in [6, 6.07) is 3.79. The zero-order valence-corrected chi connectivity index (χ0v) is 29.1. The number of benzene rings is 2. The van der Waals surface area contributed by atoms with Gasteiger partial charge in [-0.05, 0) is 78.0 Å². The van der Waals surface area contributed by atoms with Gasteiger partial charge in [0.25, 0.3) is 0 Å². The molecule has 0 spiro atoms. The number of H-pyrrole nitrogens is 1. The largest absolute Gasteiger partial charge is 0.475 e. The summed E-state index contributed by atoms with van der Waals surface area (Å²) in [4.78, 5) is 23.8. The average molecular weight is 694 g/mol. The monoisotopic (exact) mass is 692 g/mol. The van der Waals surface area contributed by atoms with Crippen LogP contribution in [0.25, 0.3) is 43.8 Å². The summed E-state index contributed by atoms with van der Waals surface area (Å²) in [7, 11) is 6.03. The summed E-state index contributed by atoms with van der Waals surface area (Å²) in [5, 5.41) is 14.6. The maximum Gasteiger partial charge on any atom is 0.246 e. The van der Waals surface area contributed by atoms with Crippen LogP contribution in [0.1, 0.15) is 37.3 Å². The van der Waals surface area contributed by atoms with Gasteiger partial charge in [0.15, 0.2) is 5.82 Å². The Morgan fingerprint density at radius 3 is 2.60 bits per heavy atom. The molecule has 0 bridgehead atoms. The van der Waals surface area contributed by atoms with E-state index in [1.807, 2.05) is 41.6 Å². The van der Waals surface area contributed by atoms with Gasteiger partial charge in [-0.1, -0.05) is 29.3 Å². The van der Waals surface area contributed by atoms with Crippen molar-refractivity contribution < 1.29 is 13.9 Å². The molecule has 5 heterocycles. The number of nitrogens with zero attached hydrogens (tertiary/aromatic N) is 7. The van der Waals surface area contributed by atoms with Gasteiger partial charge in [0.05, 0.1) is 39.9 Å². The first-order valence-electron chi connectivity index (χ1n) is 16.4. The highest BCUT2D eigenvalue weighted by Crippen LogP contribution is 2.45. The van der Waals surface area contributed by atoms with Crippen LogP contribution in [0.4, 0.5) is 4.39 Å². The quantitative estimate of drug-likeness (QED) is 0.182. The van der Waals surface area contributed by atoms with E-state index in [0.29, 0.717) is 88.3 Å². The molecule has 3 aromatic heterocycles. The van der Waals surface area contributed by atoms with Crippen LogP contribution < -0.4 is 4.74 Å². The zero-order chi connectivity index (χ0) is 33.7. The number of nitrogens with one attached hydrogen (secondary N) is 1. The molecule has 2 aliphatic rings. The standard InChI is InChI=1S/C35H39Cl2FN8O2/c1-20-26(36)16-28-24(17-39-42-28)30(20)31-27(37)15-23-33(32(31)38)41-35(48-19-22-7-5-12-44(22)4)25-18-40-46(34(23)25)21-9-13-45(14-10-21)29(47)8-6-11-43(2)3/h6,8,15-18,21-22H,5,7,9-14,19H2,1-4H3,(H,39,42)/b8-6+. The highest BCUT2D eigenvalue weighted by Gasteiger charge is 2.30. The van der Waals surface area contributed by atoms with Crippen molar-refractivity contribution in [1.82, 2.24) is 39.7 Å². The Balaban J connectivity index is 1.32. The lowest BCUT2D eigenvalue weighted by atomic mass is 9.94. The third kappa shape index (κ3) is 5.91. The third-order valence-electron chi connectivity index (χ3n) is 9.82. The molecule has 2 saturated heterocycles. The van der Waals surface area contributed by atoms with E-state index in [2.05, 4.69) is 22.1 Å². The van der Waals surface area contributed by atoms with Crippen molar-refractivity contribution in [2.45, 2.75) is 44.7 Å². The molecule has 48 heavy (non-hydrogen) atoms. The van der Waals surface area contributed by atoms with Crippen LogP contribution in [0.2, 0.25) is 10.0 Å². The zero-order valence-electron chi connectivity index (χ0n) is 27.6. The van der Waals surface area contributed by atoms with Gasteiger partial charge in [0, 0.05) is 58.7 Å². The van der Waals surface area contributed by atoms with Crippen LogP contribution >= 0.6 is 23.2 Å². The van der Waals surface area contributed by atoms with E-state index < -0.39 is 5.82 Å². The number of rotatable bonds is 8. The van der Waals surface area contributed by atoms with Gasteiger partial charge in [-0.2, -0.15) is 10.2 Å². The number of carbonyl (C=O) groups excluding carboxylic acids is 1. The minimum Gasteiger partial charge on any atom is -0.475 e. The third-order valence-corrected chi connectivity index (χ3v) is 10.5. The molecule has 10 nitrogen and oxygen atoms in total. The van der Waals surface area contributed by atoms with Crippen LogP contribution in [0, 0.1) is 12.7 Å². The van der Waals surface area contributed by atoms with Gasteiger partial charge < -0.3 is 19.4 Å². The molecule has 2 aromatic carbocycles. The predicted octanol–water partition coefficient (Wildman–Crippen LogP) is 6.64. The average Bonchev–Trinajstić information content (AvgIpc) is 3.82. The maximum atomic E-state index is 17.1. The van der Waals surface area contributed by atoms with Crippen molar-refractivity contribution in [1.29, 1.82) is 0 Å². The highest BCUT2D eigenvalue weighted by molar-refractivity contribution is 6.36. The Morgan fingerprint density at radius 1 is 1.08 bits per heavy atom. The van der Waals surface area contributed by atoms with Gasteiger partial charge in [-0.3, -0.25) is 14.6 Å². The number of aromatic amines is 1. The van der Waals surface area contributed by atoms with Crippen LogP contribution in [0.5, 0.6) is 5.88 Å². The van der Waals surface area contributed by atoms with Crippen LogP contribution in [0.3, 0.4) is 0 Å². The molecular weight excluding hydrogens is 654 g/mol. The summed E-state index contributed by atoms with van der Waals surface area (Å²) < 4.78 is 25.4. The number of likely N-dealkylation sites (N-methyl/N-ethyl adjacent to an activating group) is 2. The highest BCUT2D eigenvalue weighted by atomic mass is 35.5. The Hall–Kier alpha value is -3.77. The maximum absolute atomic E-state index is 17.1. The smallest absolute Gasteiger partial charge is 0.246 e. The second-order valence-electron chi connectivity index (χ2n) is 13.2. The van der Waals surface area contributed by atoms with Gasteiger partial charge in [-0.25, -0.2) is 9.37 Å². The number of piperidine rings is 1. The van der Waals surface area contributed by atoms with E-state index in [9.17, 15) is 4.79 Å². The number of carbonyl (C=O) groups is 1. The minimum atomic E-state index is -0.562. The van der Waals surface area contributed by atoms with Crippen molar-refractivity contribution in [3.05, 3.63) is 58.1 Å². The van der Waals surface area contributed by atoms with Crippen molar-refractivity contribution in [3.8, 4) is 17.0 Å². The number of hydrogen-bond acceptors (Lipinski definition) is 7. The first kappa shape index (κ1) is 32.8. The van der Waals surface area contributed by atoms with E-state index in [1.54, 1.807) is 30.6 Å². The Bertz CT molecular complexity index is 2050. The van der Waals surface area contributed by atoms with Crippen molar-refractivity contribution in [2.24, 2.45) is 0 Å². The first-order chi connectivity index (χ1) is 23.1. The molecule has 13 heteroatoms. The first-order valence-corrected chi connectivity index (χ1v) is 17.1. The van der Waals surface area contributed by atoms with E-state index in [-0.39, 0.29) is 34.1 Å². The molecule has 1 N–H and O–H groups in total. The second kappa shape index (κ2) is 13.3. The van der Waals surface area contributed by atoms with Gasteiger partial charge in [-0.15, -0.1) is 0 Å². The number of likely N-dealkylation sites (tertiary alicyclic amines) is 2. The predicted molar refractivity (Wildman–Crippen MR) is 189 cm³/mol. The fraction of sp³-hybridized carbons (Fsp3) is 0.429. The summed E-state index contributed by atoms with van der Waals surface area (Å²) >= 11 is 13.6. The van der Waals surface area contributed by atoms with E-state index in [1.165, 1.54) is 0 Å². The Kier molecular flexibility index (Phi) is 9.06. The lowest BCUT2D eigenvalue weighted by molar-refractivity contribution is -0.127. The van der Waals surface area contributed by atoms with Crippen LogP contribution in [0.15, 0.2) is 36.7 Å². The molecule has 0 aliphatic carbocycles. The topological polar surface area (TPSA) is 95.4 Å². The lowest BCUT2D eigenvalue weighted by Gasteiger charge is -2.32. The molecule has 7 rings (SSSR count). The summed E-state index contributed by atoms with van der Waals surface area (Å²) in [6.45, 7) is 5.17. The SMILES string of the molecule is Cc1c(Cl)cc2[nH]ncc2c1-c1c(Cl)cc2c(nc(OCC3CCCN3C)c3cnn(C4CCN(C(=O)/C=C/CN(C)C)CC4)c32)c1F. The molecule has 2 fully saturated rings. The van der Waals surface area contributed by atoms with Gasteiger partial charge >= 0.3 is 0 Å². The summed E-state index contributed by atoms with van der Waals surface area (Å²) in [5.74, 6) is -0.217. The van der Waals surface area contributed by atoms with E-state index in [4.69, 9.17) is 38.0 Å². The second-order valence-corrected chi connectivity index (χ2v) is 14.0. The number of amides is 1. The number of aromatic nitrogens is 5. The normalized spacial score (nSPS) is 18.1. The molecule has 0 saturated carbocycles. The lowest BCUT2D eigenvalue weighted by Crippen LogP contribution is -2.38. The number of hydrogen-bond donors (Lipinski definition) is 1. The molecule has 1 atom stereocenters. The number of ether oxygens (including phenoxy) is 1. The molecular formula is C35H39Cl2FN8O2. The van der Waals surface area contributed by atoms with Crippen LogP contribution in [-0.2, 0) is 4.79 Å². The summed E-state index contributed by atoms with van der Waals surface area (Å²) in [6.07, 6.45) is 10.5. The van der Waals surface area contributed by atoms with Crippen molar-refractivity contribution in [2.75, 3.05) is 53.9 Å². The molecule has 0 radical (unpaired) electrons. The fourth-order valence-corrected chi connectivity index (χ4v) is 7.60. The number of pyridine rings is 1. The van der Waals surface area contributed by atoms with Crippen molar-refractivity contribution in [3.63, 3.8) is 0 Å². The number of fused-ring (bicyclic) bond motifs is 4. The van der Waals surface area contributed by atoms with Gasteiger partial charge in [0.1, 0.15) is 12.1 Å². The molecule has 252 valence electrons. The van der Waals surface area contributed by atoms with Gasteiger partial charge in [0.2, 0.25) is 11.8 Å². The molecule has 1 unspecified atom stereocenters. The molecule has 2 aliphatic heterocycles. The molecule has 5 aromatic rings. The molecule has 1 amide bonds. The van der Waals surface area contributed by atoms with Crippen LogP contribution in [-0.4, -0.2) is 106 Å². The van der Waals surface area contributed by atoms with Crippen molar-refractivity contribution >= 4 is 61.8 Å².